The van der Waals surface area contributed by atoms with Gasteiger partial charge < -0.3 is 24.5 Å². The second-order valence-electron chi connectivity index (χ2n) is 6.19. The average Bonchev–Trinajstić information content (AvgIpc) is 3.24. The molecule has 0 saturated carbocycles. The molecule has 29 heavy (non-hydrogen) atoms. The molecule has 4 aromatic rings. The van der Waals surface area contributed by atoms with Crippen molar-refractivity contribution in [1.29, 1.82) is 0 Å². The zero-order valence-electron chi connectivity index (χ0n) is 15.7. The van der Waals surface area contributed by atoms with Crippen LogP contribution >= 0.6 is 0 Å². The topological polar surface area (TPSA) is 85.5 Å². The second kappa shape index (κ2) is 8.35. The summed E-state index contributed by atoms with van der Waals surface area (Å²) in [6.45, 7) is -0.111. The van der Waals surface area contributed by atoms with Crippen LogP contribution in [-0.2, 0) is 4.79 Å². The minimum absolute atomic E-state index is 0.111. The Morgan fingerprint density at radius 3 is 2.62 bits per heavy atom. The smallest absolute Gasteiger partial charge is 0.262 e. The van der Waals surface area contributed by atoms with Gasteiger partial charge in [0.05, 0.1) is 19.0 Å². The van der Waals surface area contributed by atoms with Gasteiger partial charge in [-0.3, -0.25) is 4.79 Å². The van der Waals surface area contributed by atoms with Gasteiger partial charge in [-0.2, -0.15) is 0 Å². The van der Waals surface area contributed by atoms with Crippen molar-refractivity contribution in [3.8, 4) is 23.1 Å². The summed E-state index contributed by atoms with van der Waals surface area (Å²) >= 11 is 0. The molecule has 1 amide bonds. The molecular formula is C22H19N3O4. The van der Waals surface area contributed by atoms with Gasteiger partial charge in [0.25, 0.3) is 5.91 Å². The SMILES string of the molecule is COc1ccc(OCC(=O)Nc2ccc(Oc3cccc4[nH]ccc34)nc2)cc1. The van der Waals surface area contributed by atoms with Crippen LogP contribution in [0, 0.1) is 0 Å². The number of methoxy groups -OCH3 is 1. The first-order valence-corrected chi connectivity index (χ1v) is 8.98. The third kappa shape index (κ3) is 4.47. The van der Waals surface area contributed by atoms with E-state index in [2.05, 4.69) is 15.3 Å². The molecule has 0 fully saturated rings. The van der Waals surface area contributed by atoms with Crippen LogP contribution in [0.3, 0.4) is 0 Å². The van der Waals surface area contributed by atoms with Crippen LogP contribution in [-0.4, -0.2) is 29.6 Å². The van der Waals surface area contributed by atoms with Crippen molar-refractivity contribution in [3.05, 3.63) is 73.1 Å². The molecule has 0 unspecified atom stereocenters. The summed E-state index contributed by atoms with van der Waals surface area (Å²) in [5.74, 6) is 2.17. The molecular weight excluding hydrogens is 370 g/mol. The largest absolute Gasteiger partial charge is 0.497 e. The monoisotopic (exact) mass is 389 g/mol. The minimum Gasteiger partial charge on any atom is -0.497 e. The lowest BCUT2D eigenvalue weighted by Crippen LogP contribution is -2.20. The summed E-state index contributed by atoms with van der Waals surface area (Å²) in [6.07, 6.45) is 3.40. The van der Waals surface area contributed by atoms with Crippen molar-refractivity contribution < 1.29 is 19.0 Å². The highest BCUT2D eigenvalue weighted by Crippen LogP contribution is 2.28. The van der Waals surface area contributed by atoms with Crippen LogP contribution in [0.4, 0.5) is 5.69 Å². The van der Waals surface area contributed by atoms with E-state index in [1.165, 1.54) is 6.20 Å². The van der Waals surface area contributed by atoms with Crippen LogP contribution in [0.5, 0.6) is 23.1 Å². The first kappa shape index (κ1) is 18.4. The second-order valence-corrected chi connectivity index (χ2v) is 6.19. The predicted octanol–water partition coefficient (Wildman–Crippen LogP) is 4.38. The molecule has 0 aliphatic heterocycles. The van der Waals surface area contributed by atoms with Crippen molar-refractivity contribution in [2.45, 2.75) is 0 Å². The normalized spacial score (nSPS) is 10.5. The van der Waals surface area contributed by atoms with Crippen molar-refractivity contribution in [1.82, 2.24) is 9.97 Å². The predicted molar refractivity (Wildman–Crippen MR) is 110 cm³/mol. The Kier molecular flexibility index (Phi) is 5.29. The number of carbonyl (C=O) groups is 1. The molecule has 0 atom stereocenters. The Morgan fingerprint density at radius 1 is 1.03 bits per heavy atom. The van der Waals surface area contributed by atoms with E-state index < -0.39 is 0 Å². The Labute approximate surface area is 167 Å². The number of amides is 1. The van der Waals surface area contributed by atoms with E-state index in [1.54, 1.807) is 43.5 Å². The molecule has 146 valence electrons. The zero-order valence-corrected chi connectivity index (χ0v) is 15.7. The van der Waals surface area contributed by atoms with Gasteiger partial charge >= 0.3 is 0 Å². The minimum atomic E-state index is -0.284. The van der Waals surface area contributed by atoms with Crippen molar-refractivity contribution in [2.75, 3.05) is 19.0 Å². The maximum Gasteiger partial charge on any atom is 0.262 e. The fourth-order valence-corrected chi connectivity index (χ4v) is 2.79. The van der Waals surface area contributed by atoms with Crippen LogP contribution < -0.4 is 19.5 Å². The number of hydrogen-bond donors (Lipinski definition) is 2. The number of benzene rings is 2. The molecule has 2 heterocycles. The number of hydrogen-bond acceptors (Lipinski definition) is 5. The lowest BCUT2D eigenvalue weighted by atomic mass is 10.2. The molecule has 2 N–H and O–H groups in total. The molecule has 0 saturated heterocycles. The van der Waals surface area contributed by atoms with Crippen LogP contribution in [0.15, 0.2) is 73.1 Å². The van der Waals surface area contributed by atoms with Gasteiger partial charge in [0, 0.05) is 23.2 Å². The molecule has 0 spiro atoms. The highest BCUT2D eigenvalue weighted by atomic mass is 16.5. The standard InChI is InChI=1S/C22H19N3O4/c1-27-16-6-8-17(9-7-16)28-14-21(26)25-15-5-10-22(24-13-15)29-20-4-2-3-19-18(20)11-12-23-19/h2-13,23H,14H2,1H3,(H,25,26). The van der Waals surface area contributed by atoms with Gasteiger partial charge in [0.15, 0.2) is 6.61 Å². The quantitative estimate of drug-likeness (QED) is 0.490. The lowest BCUT2D eigenvalue weighted by Gasteiger charge is -2.09. The number of aromatic amines is 1. The molecule has 0 aliphatic rings. The Balaban J connectivity index is 1.32. The van der Waals surface area contributed by atoms with E-state index >= 15 is 0 Å². The highest BCUT2D eigenvalue weighted by molar-refractivity contribution is 5.91. The number of aromatic nitrogens is 2. The van der Waals surface area contributed by atoms with E-state index in [4.69, 9.17) is 14.2 Å². The van der Waals surface area contributed by atoms with Gasteiger partial charge in [-0.1, -0.05) is 6.07 Å². The Hall–Kier alpha value is -4.00. The summed E-state index contributed by atoms with van der Waals surface area (Å²) in [7, 11) is 1.59. The summed E-state index contributed by atoms with van der Waals surface area (Å²) in [6, 6.07) is 18.2. The van der Waals surface area contributed by atoms with Gasteiger partial charge in [0.2, 0.25) is 5.88 Å². The van der Waals surface area contributed by atoms with Gasteiger partial charge in [-0.25, -0.2) is 4.98 Å². The maximum atomic E-state index is 12.1. The fourth-order valence-electron chi connectivity index (χ4n) is 2.79. The summed E-state index contributed by atoms with van der Waals surface area (Å²) in [5.41, 5.74) is 1.55. The number of carbonyl (C=O) groups excluding carboxylic acids is 1. The maximum absolute atomic E-state index is 12.1. The zero-order chi connectivity index (χ0) is 20.1. The first-order valence-electron chi connectivity index (χ1n) is 8.98. The molecule has 2 aromatic carbocycles. The number of fused-ring (bicyclic) bond motifs is 1. The number of ether oxygens (including phenoxy) is 3. The van der Waals surface area contributed by atoms with Crippen LogP contribution in [0.25, 0.3) is 10.9 Å². The highest BCUT2D eigenvalue weighted by Gasteiger charge is 2.07. The number of rotatable bonds is 7. The number of nitrogens with one attached hydrogen (secondary N) is 2. The Morgan fingerprint density at radius 2 is 1.86 bits per heavy atom. The lowest BCUT2D eigenvalue weighted by molar-refractivity contribution is -0.118. The van der Waals surface area contributed by atoms with Gasteiger partial charge in [-0.15, -0.1) is 0 Å². The van der Waals surface area contributed by atoms with Crippen molar-refractivity contribution in [2.24, 2.45) is 0 Å². The first-order chi connectivity index (χ1) is 14.2. The van der Waals surface area contributed by atoms with E-state index in [0.717, 1.165) is 16.7 Å². The Bertz CT molecular complexity index is 1110. The molecule has 7 heteroatoms. The summed E-state index contributed by atoms with van der Waals surface area (Å²) < 4.78 is 16.4. The fraction of sp³-hybridized carbons (Fsp3) is 0.0909. The van der Waals surface area contributed by atoms with Gasteiger partial charge in [0.1, 0.15) is 17.2 Å². The third-order valence-corrected chi connectivity index (χ3v) is 4.22. The van der Waals surface area contributed by atoms with Crippen LogP contribution in [0.2, 0.25) is 0 Å². The van der Waals surface area contributed by atoms with Crippen molar-refractivity contribution in [3.63, 3.8) is 0 Å². The summed E-state index contributed by atoms with van der Waals surface area (Å²) in [4.78, 5) is 19.5. The average molecular weight is 389 g/mol. The van der Waals surface area contributed by atoms with Crippen molar-refractivity contribution >= 4 is 22.5 Å². The molecule has 0 bridgehead atoms. The molecule has 7 nitrogen and oxygen atoms in total. The summed E-state index contributed by atoms with van der Waals surface area (Å²) in [5, 5.41) is 3.71. The van der Waals surface area contributed by atoms with E-state index in [1.807, 2.05) is 30.5 Å². The van der Waals surface area contributed by atoms with E-state index in [-0.39, 0.29) is 12.5 Å². The molecule has 0 aliphatic carbocycles. The molecule has 2 aromatic heterocycles. The van der Waals surface area contributed by atoms with E-state index in [0.29, 0.717) is 23.1 Å². The number of H-pyrrole nitrogens is 1. The van der Waals surface area contributed by atoms with E-state index in [9.17, 15) is 4.79 Å². The molecule has 0 radical (unpaired) electrons. The third-order valence-electron chi connectivity index (χ3n) is 4.22. The molecule has 4 rings (SSSR count). The number of pyridine rings is 1. The van der Waals surface area contributed by atoms with Crippen LogP contribution in [0.1, 0.15) is 0 Å². The van der Waals surface area contributed by atoms with Gasteiger partial charge in [-0.05, 0) is 48.5 Å². The number of nitrogens with zero attached hydrogens (tertiary/aromatic N) is 1. The number of anilines is 1.